The third-order valence-electron chi connectivity index (χ3n) is 5.33. The Labute approximate surface area is 174 Å². The van der Waals surface area contributed by atoms with Crippen molar-refractivity contribution in [1.29, 1.82) is 0 Å². The second kappa shape index (κ2) is 8.90. The van der Waals surface area contributed by atoms with Gasteiger partial charge in [-0.3, -0.25) is 9.59 Å². The van der Waals surface area contributed by atoms with E-state index in [1.807, 2.05) is 31.2 Å². The Kier molecular flexibility index (Phi) is 6.48. The lowest BCUT2D eigenvalue weighted by Crippen LogP contribution is -2.43. The first-order valence-corrected chi connectivity index (χ1v) is 10.1. The predicted octanol–water partition coefficient (Wildman–Crippen LogP) is 5.07. The monoisotopic (exact) mass is 418 g/mol. The third-order valence-corrected chi connectivity index (χ3v) is 5.33. The molecule has 30 heavy (non-hydrogen) atoms. The number of amides is 2. The SMILES string of the molecule is CCc1cccc(NC(=O)C2CCCN(C(=O)c3cc(C)cc(C(F)(F)F)c3)C2)c1. The van der Waals surface area contributed by atoms with Gasteiger partial charge in [-0.15, -0.1) is 0 Å². The lowest BCUT2D eigenvalue weighted by Gasteiger charge is -2.32. The number of carbonyl (C=O) groups excluding carboxylic acids is 2. The fourth-order valence-corrected chi connectivity index (χ4v) is 3.74. The predicted molar refractivity (Wildman–Crippen MR) is 109 cm³/mol. The molecule has 1 saturated heterocycles. The van der Waals surface area contributed by atoms with Gasteiger partial charge in [-0.1, -0.05) is 19.1 Å². The van der Waals surface area contributed by atoms with E-state index in [4.69, 9.17) is 0 Å². The van der Waals surface area contributed by atoms with Crippen LogP contribution in [0.15, 0.2) is 42.5 Å². The summed E-state index contributed by atoms with van der Waals surface area (Å²) in [6.45, 7) is 4.17. The average Bonchev–Trinajstić information content (AvgIpc) is 2.72. The summed E-state index contributed by atoms with van der Waals surface area (Å²) in [5.74, 6) is -1.06. The Morgan fingerprint density at radius 3 is 2.63 bits per heavy atom. The van der Waals surface area contributed by atoms with Crippen LogP contribution in [0.3, 0.4) is 0 Å². The van der Waals surface area contributed by atoms with Gasteiger partial charge in [0, 0.05) is 24.3 Å². The summed E-state index contributed by atoms with van der Waals surface area (Å²) in [6.07, 6.45) is -2.41. The molecule has 3 rings (SSSR count). The van der Waals surface area contributed by atoms with Crippen LogP contribution >= 0.6 is 0 Å². The zero-order valence-corrected chi connectivity index (χ0v) is 17.1. The maximum atomic E-state index is 13.1. The smallest absolute Gasteiger partial charge is 0.338 e. The molecule has 1 aliphatic rings. The Bertz CT molecular complexity index is 940. The lowest BCUT2D eigenvalue weighted by molar-refractivity contribution is -0.137. The van der Waals surface area contributed by atoms with Crippen LogP contribution in [-0.2, 0) is 17.4 Å². The van der Waals surface area contributed by atoms with E-state index in [0.29, 0.717) is 30.6 Å². The Morgan fingerprint density at radius 1 is 1.17 bits per heavy atom. The van der Waals surface area contributed by atoms with Crippen LogP contribution in [0.5, 0.6) is 0 Å². The van der Waals surface area contributed by atoms with Crippen molar-refractivity contribution in [2.24, 2.45) is 5.92 Å². The van der Waals surface area contributed by atoms with Crippen LogP contribution in [0.1, 0.15) is 46.8 Å². The molecule has 4 nitrogen and oxygen atoms in total. The van der Waals surface area contributed by atoms with Gasteiger partial charge in [-0.05, 0) is 67.6 Å². The minimum atomic E-state index is -4.52. The molecule has 0 bridgehead atoms. The minimum absolute atomic E-state index is 0.000898. The number of benzene rings is 2. The molecule has 1 aliphatic heterocycles. The zero-order chi connectivity index (χ0) is 21.9. The molecule has 1 N–H and O–H groups in total. The van der Waals surface area contributed by atoms with Gasteiger partial charge in [0.2, 0.25) is 5.91 Å². The van der Waals surface area contributed by atoms with Gasteiger partial charge >= 0.3 is 6.18 Å². The van der Waals surface area contributed by atoms with Crippen molar-refractivity contribution in [1.82, 2.24) is 4.90 Å². The van der Waals surface area contributed by atoms with Crippen molar-refractivity contribution in [3.63, 3.8) is 0 Å². The topological polar surface area (TPSA) is 49.4 Å². The highest BCUT2D eigenvalue weighted by Crippen LogP contribution is 2.31. The molecule has 160 valence electrons. The fourth-order valence-electron chi connectivity index (χ4n) is 3.74. The van der Waals surface area contributed by atoms with Crippen molar-refractivity contribution in [2.45, 2.75) is 39.3 Å². The highest BCUT2D eigenvalue weighted by atomic mass is 19.4. The molecule has 0 radical (unpaired) electrons. The van der Waals surface area contributed by atoms with Crippen LogP contribution in [0.2, 0.25) is 0 Å². The normalized spacial score (nSPS) is 17.0. The van der Waals surface area contributed by atoms with Crippen LogP contribution < -0.4 is 5.32 Å². The number of anilines is 1. The van der Waals surface area contributed by atoms with E-state index >= 15 is 0 Å². The number of piperidine rings is 1. The van der Waals surface area contributed by atoms with Crippen LogP contribution in [-0.4, -0.2) is 29.8 Å². The van der Waals surface area contributed by atoms with Gasteiger partial charge in [-0.25, -0.2) is 0 Å². The summed E-state index contributed by atoms with van der Waals surface area (Å²) in [5, 5.41) is 2.90. The van der Waals surface area contributed by atoms with E-state index in [9.17, 15) is 22.8 Å². The first kappa shape index (κ1) is 21.9. The van der Waals surface area contributed by atoms with E-state index in [-0.39, 0.29) is 18.0 Å². The van der Waals surface area contributed by atoms with E-state index in [0.717, 1.165) is 24.1 Å². The number of halogens is 3. The maximum absolute atomic E-state index is 13.1. The fraction of sp³-hybridized carbons (Fsp3) is 0.391. The number of rotatable bonds is 4. The summed E-state index contributed by atoms with van der Waals surface area (Å²) in [4.78, 5) is 27.1. The number of hydrogen-bond donors (Lipinski definition) is 1. The van der Waals surface area contributed by atoms with Crippen molar-refractivity contribution in [2.75, 3.05) is 18.4 Å². The van der Waals surface area contributed by atoms with Crippen LogP contribution in [0.4, 0.5) is 18.9 Å². The Balaban J connectivity index is 1.72. The lowest BCUT2D eigenvalue weighted by atomic mass is 9.95. The molecule has 0 spiro atoms. The summed E-state index contributed by atoms with van der Waals surface area (Å²) < 4.78 is 39.3. The van der Waals surface area contributed by atoms with Crippen molar-refractivity contribution >= 4 is 17.5 Å². The molecule has 7 heteroatoms. The molecule has 2 amide bonds. The molecule has 0 aliphatic carbocycles. The quantitative estimate of drug-likeness (QED) is 0.754. The van der Waals surface area contributed by atoms with Crippen molar-refractivity contribution in [3.8, 4) is 0 Å². The molecule has 1 fully saturated rings. The molecule has 2 aromatic rings. The Morgan fingerprint density at radius 2 is 1.93 bits per heavy atom. The molecule has 1 heterocycles. The summed E-state index contributed by atoms with van der Waals surface area (Å²) in [6, 6.07) is 10.9. The number of nitrogens with zero attached hydrogens (tertiary/aromatic N) is 1. The van der Waals surface area contributed by atoms with E-state index in [1.165, 1.54) is 17.9 Å². The van der Waals surface area contributed by atoms with E-state index < -0.39 is 23.6 Å². The third kappa shape index (κ3) is 5.20. The van der Waals surface area contributed by atoms with Crippen LogP contribution in [0.25, 0.3) is 0 Å². The zero-order valence-electron chi connectivity index (χ0n) is 17.1. The number of aryl methyl sites for hydroxylation is 2. The van der Waals surface area contributed by atoms with Crippen LogP contribution in [0, 0.1) is 12.8 Å². The molecular formula is C23H25F3N2O2. The van der Waals surface area contributed by atoms with Crippen molar-refractivity contribution in [3.05, 3.63) is 64.7 Å². The van der Waals surface area contributed by atoms with E-state index in [2.05, 4.69) is 5.32 Å². The molecule has 0 aromatic heterocycles. The highest BCUT2D eigenvalue weighted by molar-refractivity contribution is 5.96. The standard InChI is InChI=1S/C23H25F3N2O2/c1-3-16-6-4-8-20(12-16)27-21(29)17-7-5-9-28(14-17)22(30)18-10-15(2)11-19(13-18)23(24,25)26/h4,6,8,10-13,17H,3,5,7,9,14H2,1-2H3,(H,27,29). The largest absolute Gasteiger partial charge is 0.416 e. The number of nitrogens with one attached hydrogen (secondary N) is 1. The van der Waals surface area contributed by atoms with Gasteiger partial charge < -0.3 is 10.2 Å². The number of likely N-dealkylation sites (tertiary alicyclic amines) is 1. The van der Waals surface area contributed by atoms with Gasteiger partial charge in [-0.2, -0.15) is 13.2 Å². The number of carbonyl (C=O) groups is 2. The van der Waals surface area contributed by atoms with Gasteiger partial charge in [0.1, 0.15) is 0 Å². The highest BCUT2D eigenvalue weighted by Gasteiger charge is 2.33. The summed E-state index contributed by atoms with van der Waals surface area (Å²) in [5.41, 5.74) is 1.34. The van der Waals surface area contributed by atoms with Gasteiger partial charge in [0.25, 0.3) is 5.91 Å². The molecular weight excluding hydrogens is 393 g/mol. The first-order valence-electron chi connectivity index (χ1n) is 10.1. The number of hydrogen-bond acceptors (Lipinski definition) is 2. The average molecular weight is 418 g/mol. The second-order valence-corrected chi connectivity index (χ2v) is 7.72. The molecule has 1 unspecified atom stereocenters. The molecule has 2 aromatic carbocycles. The summed E-state index contributed by atoms with van der Waals surface area (Å²) in [7, 11) is 0. The Hall–Kier alpha value is -2.83. The second-order valence-electron chi connectivity index (χ2n) is 7.72. The van der Waals surface area contributed by atoms with Crippen molar-refractivity contribution < 1.29 is 22.8 Å². The summed E-state index contributed by atoms with van der Waals surface area (Å²) >= 11 is 0. The molecule has 0 saturated carbocycles. The first-order chi connectivity index (χ1) is 14.2. The van der Waals surface area contributed by atoms with Gasteiger partial charge in [0.15, 0.2) is 0 Å². The number of alkyl halides is 3. The molecule has 1 atom stereocenters. The minimum Gasteiger partial charge on any atom is -0.338 e. The maximum Gasteiger partial charge on any atom is 0.416 e. The van der Waals surface area contributed by atoms with Gasteiger partial charge in [0.05, 0.1) is 11.5 Å². The van der Waals surface area contributed by atoms with E-state index in [1.54, 1.807) is 0 Å².